The predicted octanol–water partition coefficient (Wildman–Crippen LogP) is -0.412. The summed E-state index contributed by atoms with van der Waals surface area (Å²) in [5.41, 5.74) is 0. The summed E-state index contributed by atoms with van der Waals surface area (Å²) in [6.45, 7) is 2.64. The molecule has 0 aromatic carbocycles. The number of rotatable bonds is 4. The number of piperazine rings is 1. The van der Waals surface area contributed by atoms with Crippen molar-refractivity contribution in [3.8, 4) is 0 Å². The Labute approximate surface area is 93.6 Å². The van der Waals surface area contributed by atoms with E-state index in [1.165, 1.54) is 4.90 Å². The summed E-state index contributed by atoms with van der Waals surface area (Å²) >= 11 is 0. The molecule has 6 nitrogen and oxygen atoms in total. The van der Waals surface area contributed by atoms with Crippen LogP contribution in [-0.2, 0) is 14.4 Å². The maximum atomic E-state index is 11.7. The average molecular weight is 228 g/mol. The molecule has 2 amide bonds. The zero-order valence-electron chi connectivity index (χ0n) is 9.23. The van der Waals surface area contributed by atoms with Gasteiger partial charge in [0.15, 0.2) is 0 Å². The van der Waals surface area contributed by atoms with E-state index in [1.54, 1.807) is 6.92 Å². The number of aliphatic carboxylic acids is 1. The fraction of sp³-hybridized carbons (Fsp3) is 0.700. The molecule has 0 aromatic heterocycles. The van der Waals surface area contributed by atoms with E-state index in [0.29, 0.717) is 19.5 Å². The molecule has 1 aliphatic rings. The highest BCUT2D eigenvalue weighted by Crippen LogP contribution is 2.08. The highest BCUT2D eigenvalue weighted by atomic mass is 16.4. The first-order valence-corrected chi connectivity index (χ1v) is 5.31. The smallest absolute Gasteiger partial charge is 0.303 e. The number of carboxylic acids is 1. The fourth-order valence-corrected chi connectivity index (χ4v) is 1.66. The minimum Gasteiger partial charge on any atom is -0.481 e. The Balaban J connectivity index is 2.40. The molecule has 1 unspecified atom stereocenters. The van der Waals surface area contributed by atoms with Gasteiger partial charge < -0.3 is 15.3 Å². The number of carbonyl (C=O) groups excluding carboxylic acids is 2. The Morgan fingerprint density at radius 2 is 2.19 bits per heavy atom. The molecule has 6 heteroatoms. The van der Waals surface area contributed by atoms with Gasteiger partial charge >= 0.3 is 5.97 Å². The van der Waals surface area contributed by atoms with E-state index < -0.39 is 12.0 Å². The molecule has 0 bridgehead atoms. The molecule has 0 aliphatic carbocycles. The van der Waals surface area contributed by atoms with Gasteiger partial charge in [-0.15, -0.1) is 0 Å². The molecule has 1 aliphatic heterocycles. The van der Waals surface area contributed by atoms with Gasteiger partial charge in [0.05, 0.1) is 0 Å². The Morgan fingerprint density at radius 1 is 1.50 bits per heavy atom. The highest BCUT2D eigenvalue weighted by molar-refractivity contribution is 5.88. The lowest BCUT2D eigenvalue weighted by Crippen LogP contribution is -2.55. The van der Waals surface area contributed by atoms with E-state index in [4.69, 9.17) is 5.11 Å². The van der Waals surface area contributed by atoms with Gasteiger partial charge in [-0.2, -0.15) is 0 Å². The standard InChI is InChI=1S/C10H16N2O4/c1-7-10(16)11-5-6-12(7)8(13)3-2-4-9(14)15/h7H,2-6H2,1H3,(H,11,16)(H,14,15). The normalized spacial score (nSPS) is 20.4. The predicted molar refractivity (Wildman–Crippen MR) is 55.7 cm³/mol. The zero-order valence-corrected chi connectivity index (χ0v) is 9.23. The van der Waals surface area contributed by atoms with E-state index in [2.05, 4.69) is 5.32 Å². The molecule has 0 radical (unpaired) electrons. The maximum absolute atomic E-state index is 11.7. The highest BCUT2D eigenvalue weighted by Gasteiger charge is 2.28. The van der Waals surface area contributed by atoms with Gasteiger partial charge in [-0.3, -0.25) is 14.4 Å². The maximum Gasteiger partial charge on any atom is 0.303 e. The molecule has 0 spiro atoms. The second-order valence-corrected chi connectivity index (χ2v) is 3.80. The SMILES string of the molecule is CC1C(=O)NCCN1C(=O)CCCC(=O)O. The van der Waals surface area contributed by atoms with Crippen LogP contribution in [0.25, 0.3) is 0 Å². The number of carboxylic acid groups (broad SMARTS) is 1. The van der Waals surface area contributed by atoms with E-state index >= 15 is 0 Å². The fourth-order valence-electron chi connectivity index (χ4n) is 1.66. The third kappa shape index (κ3) is 3.22. The minimum absolute atomic E-state index is 0.0137. The first kappa shape index (κ1) is 12.5. The molecule has 1 rings (SSSR count). The van der Waals surface area contributed by atoms with Crippen molar-refractivity contribution in [2.75, 3.05) is 13.1 Å². The van der Waals surface area contributed by atoms with Gasteiger partial charge in [0.25, 0.3) is 0 Å². The summed E-state index contributed by atoms with van der Waals surface area (Å²) in [6.07, 6.45) is 0.489. The van der Waals surface area contributed by atoms with E-state index in [-0.39, 0.29) is 24.7 Å². The number of amides is 2. The van der Waals surface area contributed by atoms with Crippen molar-refractivity contribution in [2.45, 2.75) is 32.2 Å². The summed E-state index contributed by atoms with van der Waals surface area (Å²) in [4.78, 5) is 34.8. The lowest BCUT2D eigenvalue weighted by molar-refractivity contribution is -0.143. The van der Waals surface area contributed by atoms with Crippen LogP contribution >= 0.6 is 0 Å². The van der Waals surface area contributed by atoms with Crippen molar-refractivity contribution < 1.29 is 19.5 Å². The summed E-state index contributed by atoms with van der Waals surface area (Å²) in [5, 5.41) is 11.1. The molecule has 1 atom stereocenters. The topological polar surface area (TPSA) is 86.7 Å². The monoisotopic (exact) mass is 228 g/mol. The van der Waals surface area contributed by atoms with Gasteiger partial charge in [-0.05, 0) is 13.3 Å². The van der Waals surface area contributed by atoms with Crippen LogP contribution in [0.5, 0.6) is 0 Å². The molecule has 1 fully saturated rings. The van der Waals surface area contributed by atoms with Gasteiger partial charge in [0, 0.05) is 25.9 Å². The molecule has 2 N–H and O–H groups in total. The molecular formula is C10H16N2O4. The first-order valence-electron chi connectivity index (χ1n) is 5.31. The number of nitrogens with zero attached hydrogens (tertiary/aromatic N) is 1. The van der Waals surface area contributed by atoms with E-state index in [1.807, 2.05) is 0 Å². The zero-order chi connectivity index (χ0) is 12.1. The largest absolute Gasteiger partial charge is 0.481 e. The first-order chi connectivity index (χ1) is 7.52. The molecule has 90 valence electrons. The molecule has 0 saturated carbocycles. The average Bonchev–Trinajstić information content (AvgIpc) is 2.21. The Bertz CT molecular complexity index is 303. The molecule has 0 aromatic rings. The van der Waals surface area contributed by atoms with Crippen LogP contribution in [0, 0.1) is 0 Å². The van der Waals surface area contributed by atoms with Crippen molar-refractivity contribution in [1.82, 2.24) is 10.2 Å². The number of carbonyl (C=O) groups is 3. The van der Waals surface area contributed by atoms with Crippen LogP contribution in [0.4, 0.5) is 0 Å². The Kier molecular flexibility index (Phi) is 4.28. The Morgan fingerprint density at radius 3 is 2.81 bits per heavy atom. The van der Waals surface area contributed by atoms with Crippen molar-refractivity contribution in [2.24, 2.45) is 0 Å². The number of hydrogen-bond donors (Lipinski definition) is 2. The van der Waals surface area contributed by atoms with E-state index in [0.717, 1.165) is 0 Å². The third-order valence-electron chi connectivity index (χ3n) is 2.60. The summed E-state index contributed by atoms with van der Waals surface area (Å²) < 4.78 is 0. The van der Waals surface area contributed by atoms with Gasteiger partial charge in [0.1, 0.15) is 6.04 Å². The lowest BCUT2D eigenvalue weighted by Gasteiger charge is -2.32. The molecular weight excluding hydrogens is 212 g/mol. The van der Waals surface area contributed by atoms with Gasteiger partial charge in [-0.1, -0.05) is 0 Å². The van der Waals surface area contributed by atoms with Gasteiger partial charge in [0.2, 0.25) is 11.8 Å². The van der Waals surface area contributed by atoms with Crippen LogP contribution < -0.4 is 5.32 Å². The second kappa shape index (κ2) is 5.48. The molecule has 1 heterocycles. The summed E-state index contributed by atoms with van der Waals surface area (Å²) in [7, 11) is 0. The summed E-state index contributed by atoms with van der Waals surface area (Å²) in [6, 6.07) is -0.453. The van der Waals surface area contributed by atoms with Crippen LogP contribution in [0.1, 0.15) is 26.2 Å². The quantitative estimate of drug-likeness (QED) is 0.684. The van der Waals surface area contributed by atoms with E-state index in [9.17, 15) is 14.4 Å². The number of nitrogens with one attached hydrogen (secondary N) is 1. The van der Waals surface area contributed by atoms with Crippen molar-refractivity contribution in [1.29, 1.82) is 0 Å². The lowest BCUT2D eigenvalue weighted by atomic mass is 10.1. The van der Waals surface area contributed by atoms with Crippen molar-refractivity contribution >= 4 is 17.8 Å². The van der Waals surface area contributed by atoms with Crippen molar-refractivity contribution in [3.63, 3.8) is 0 Å². The molecule has 16 heavy (non-hydrogen) atoms. The van der Waals surface area contributed by atoms with Crippen LogP contribution in [0.3, 0.4) is 0 Å². The summed E-state index contributed by atoms with van der Waals surface area (Å²) in [5.74, 6) is -1.21. The second-order valence-electron chi connectivity index (χ2n) is 3.80. The van der Waals surface area contributed by atoms with Crippen LogP contribution in [-0.4, -0.2) is 46.9 Å². The third-order valence-corrected chi connectivity index (χ3v) is 2.60. The van der Waals surface area contributed by atoms with Crippen molar-refractivity contribution in [3.05, 3.63) is 0 Å². The minimum atomic E-state index is -0.905. The van der Waals surface area contributed by atoms with Crippen LogP contribution in [0.15, 0.2) is 0 Å². The van der Waals surface area contributed by atoms with Crippen LogP contribution in [0.2, 0.25) is 0 Å². The molecule has 1 saturated heterocycles. The number of hydrogen-bond acceptors (Lipinski definition) is 3. The van der Waals surface area contributed by atoms with Gasteiger partial charge in [-0.25, -0.2) is 0 Å². The Hall–Kier alpha value is -1.59.